The van der Waals surface area contributed by atoms with Gasteiger partial charge in [0.15, 0.2) is 0 Å². The average Bonchev–Trinajstić information content (AvgIpc) is 2.85. The summed E-state index contributed by atoms with van der Waals surface area (Å²) in [5.41, 5.74) is 4.52. The molecule has 1 atom stereocenters. The third kappa shape index (κ3) is 5.40. The Morgan fingerprint density at radius 1 is 1.03 bits per heavy atom. The fourth-order valence-corrected chi connectivity index (χ4v) is 3.36. The molecule has 1 aliphatic heterocycles. The van der Waals surface area contributed by atoms with Crippen LogP contribution in [0.3, 0.4) is 0 Å². The molecule has 1 aliphatic rings. The Morgan fingerprint density at radius 2 is 1.72 bits per heavy atom. The van der Waals surface area contributed by atoms with Crippen molar-refractivity contribution in [2.45, 2.75) is 13.0 Å². The van der Waals surface area contributed by atoms with E-state index >= 15 is 0 Å². The summed E-state index contributed by atoms with van der Waals surface area (Å²) in [5, 5.41) is 6.09. The minimum atomic E-state index is -0.506. The second kappa shape index (κ2) is 10.2. The number of nitrogens with one attached hydrogen (secondary N) is 2. The van der Waals surface area contributed by atoms with Crippen LogP contribution in [0.25, 0.3) is 11.3 Å². The van der Waals surface area contributed by atoms with Crippen LogP contribution in [0.5, 0.6) is 0 Å². The number of carbonyl (C=O) groups excluding carboxylic acids is 1. The van der Waals surface area contributed by atoms with Crippen LogP contribution in [0.1, 0.15) is 6.92 Å². The average molecular weight is 434 g/mol. The van der Waals surface area contributed by atoms with E-state index in [2.05, 4.69) is 37.6 Å². The van der Waals surface area contributed by atoms with Crippen molar-refractivity contribution in [3.8, 4) is 11.3 Å². The first-order valence-corrected chi connectivity index (χ1v) is 10.6. The fraction of sp³-hybridized carbons (Fsp3) is 0.292. The molecule has 0 spiro atoms. The maximum absolute atomic E-state index is 12.0. The topological polar surface area (TPSA) is 88.6 Å². The maximum atomic E-state index is 12.0. The highest BCUT2D eigenvalue weighted by molar-refractivity contribution is 5.94. The fourth-order valence-electron chi connectivity index (χ4n) is 3.36. The first-order valence-electron chi connectivity index (χ1n) is 10.6. The standard InChI is InChI=1S/C24H27N5O3/c1-17(31-2)23(30)26-19-5-3-18(4-6-19)22-11-12-25-24(28-22)27-20-7-9-21(10-8-20)29-13-15-32-16-14-29/h3-12,17H,13-16H2,1-2H3,(H,26,30)(H,25,27,28)/t17-/m0/s1. The first kappa shape index (κ1) is 21.7. The Kier molecular flexibility index (Phi) is 6.94. The van der Waals surface area contributed by atoms with Crippen molar-refractivity contribution in [3.63, 3.8) is 0 Å². The van der Waals surface area contributed by atoms with E-state index in [1.807, 2.05) is 42.5 Å². The number of hydrogen-bond donors (Lipinski definition) is 2. The lowest BCUT2D eigenvalue weighted by Gasteiger charge is -2.28. The van der Waals surface area contributed by atoms with Crippen LogP contribution in [0, 0.1) is 0 Å². The van der Waals surface area contributed by atoms with Gasteiger partial charge in [0.2, 0.25) is 5.95 Å². The van der Waals surface area contributed by atoms with Gasteiger partial charge >= 0.3 is 0 Å². The van der Waals surface area contributed by atoms with Crippen molar-refractivity contribution < 1.29 is 14.3 Å². The number of methoxy groups -OCH3 is 1. The van der Waals surface area contributed by atoms with Crippen LogP contribution in [-0.2, 0) is 14.3 Å². The lowest BCUT2D eigenvalue weighted by molar-refractivity contribution is -0.124. The van der Waals surface area contributed by atoms with Crippen LogP contribution < -0.4 is 15.5 Å². The Morgan fingerprint density at radius 3 is 2.41 bits per heavy atom. The summed E-state index contributed by atoms with van der Waals surface area (Å²) in [5.74, 6) is 0.335. The number of morpholine rings is 1. The molecule has 32 heavy (non-hydrogen) atoms. The molecule has 2 N–H and O–H groups in total. The SMILES string of the molecule is CO[C@@H](C)C(=O)Nc1ccc(-c2ccnc(Nc3ccc(N4CCOCC4)cc3)n2)cc1. The van der Waals surface area contributed by atoms with Crippen LogP contribution in [0.15, 0.2) is 60.8 Å². The molecule has 8 heteroatoms. The molecular formula is C24H27N5O3. The zero-order valence-corrected chi connectivity index (χ0v) is 18.2. The van der Waals surface area contributed by atoms with Crippen molar-refractivity contribution in [2.75, 3.05) is 48.9 Å². The Balaban J connectivity index is 1.41. The second-order valence-corrected chi connectivity index (χ2v) is 7.48. The predicted octanol–water partition coefficient (Wildman–Crippen LogP) is 3.70. The van der Waals surface area contributed by atoms with Gasteiger partial charge in [-0.05, 0) is 49.4 Å². The quantitative estimate of drug-likeness (QED) is 0.587. The number of aromatic nitrogens is 2. The molecule has 3 aromatic rings. The van der Waals surface area contributed by atoms with E-state index in [1.165, 1.54) is 12.8 Å². The highest BCUT2D eigenvalue weighted by Crippen LogP contribution is 2.23. The Labute approximate surface area is 187 Å². The van der Waals surface area contributed by atoms with E-state index < -0.39 is 6.10 Å². The summed E-state index contributed by atoms with van der Waals surface area (Å²) in [4.78, 5) is 23.2. The summed E-state index contributed by atoms with van der Waals surface area (Å²) in [6.45, 7) is 5.05. The Bertz CT molecular complexity index is 1030. The first-order chi connectivity index (χ1) is 15.6. The number of benzene rings is 2. The molecule has 1 aromatic heterocycles. The van der Waals surface area contributed by atoms with Gasteiger partial charge < -0.3 is 25.0 Å². The Hall–Kier alpha value is -3.49. The van der Waals surface area contributed by atoms with E-state index in [1.54, 1.807) is 13.1 Å². The number of rotatable bonds is 7. The van der Waals surface area contributed by atoms with E-state index in [4.69, 9.17) is 9.47 Å². The number of nitrogens with zero attached hydrogens (tertiary/aromatic N) is 3. The molecule has 8 nitrogen and oxygen atoms in total. The predicted molar refractivity (Wildman–Crippen MR) is 125 cm³/mol. The van der Waals surface area contributed by atoms with Gasteiger partial charge in [0.1, 0.15) is 6.10 Å². The molecule has 0 bridgehead atoms. The number of amides is 1. The number of anilines is 4. The van der Waals surface area contributed by atoms with Crippen molar-refractivity contribution >= 4 is 28.9 Å². The van der Waals surface area contributed by atoms with Crippen LogP contribution in [0.4, 0.5) is 23.0 Å². The van der Waals surface area contributed by atoms with Crippen LogP contribution in [0.2, 0.25) is 0 Å². The molecule has 4 rings (SSSR count). The number of ether oxygens (including phenoxy) is 2. The molecule has 1 amide bonds. The highest BCUT2D eigenvalue weighted by Gasteiger charge is 2.12. The van der Waals surface area contributed by atoms with Gasteiger partial charge in [-0.15, -0.1) is 0 Å². The number of carbonyl (C=O) groups is 1. The summed E-state index contributed by atoms with van der Waals surface area (Å²) < 4.78 is 10.4. The smallest absolute Gasteiger partial charge is 0.253 e. The second-order valence-electron chi connectivity index (χ2n) is 7.48. The molecule has 1 saturated heterocycles. The van der Waals surface area contributed by atoms with Crippen molar-refractivity contribution in [2.24, 2.45) is 0 Å². The summed E-state index contributed by atoms with van der Waals surface area (Å²) >= 11 is 0. The van der Waals surface area contributed by atoms with Crippen molar-refractivity contribution in [3.05, 3.63) is 60.8 Å². The monoisotopic (exact) mass is 433 g/mol. The zero-order chi connectivity index (χ0) is 22.3. The molecule has 2 aromatic carbocycles. The van der Waals surface area contributed by atoms with E-state index in [-0.39, 0.29) is 5.91 Å². The summed E-state index contributed by atoms with van der Waals surface area (Å²) in [6, 6.07) is 17.6. The highest BCUT2D eigenvalue weighted by atomic mass is 16.5. The maximum Gasteiger partial charge on any atom is 0.253 e. The normalized spacial score (nSPS) is 14.6. The van der Waals surface area contributed by atoms with Crippen LogP contribution >= 0.6 is 0 Å². The number of hydrogen-bond acceptors (Lipinski definition) is 7. The molecule has 0 radical (unpaired) electrons. The van der Waals surface area contributed by atoms with Gasteiger partial charge in [-0.3, -0.25) is 4.79 Å². The largest absolute Gasteiger partial charge is 0.378 e. The van der Waals surface area contributed by atoms with E-state index in [0.717, 1.165) is 43.2 Å². The lowest BCUT2D eigenvalue weighted by atomic mass is 10.1. The van der Waals surface area contributed by atoms with Gasteiger partial charge in [-0.1, -0.05) is 12.1 Å². The summed E-state index contributed by atoms with van der Waals surface area (Å²) in [7, 11) is 1.51. The third-order valence-electron chi connectivity index (χ3n) is 5.33. The van der Waals surface area contributed by atoms with Gasteiger partial charge in [0, 0.05) is 49.0 Å². The molecule has 0 aliphatic carbocycles. The molecule has 1 fully saturated rings. The summed E-state index contributed by atoms with van der Waals surface area (Å²) in [6.07, 6.45) is 1.22. The molecule has 166 valence electrons. The van der Waals surface area contributed by atoms with Gasteiger partial charge in [-0.25, -0.2) is 9.97 Å². The minimum Gasteiger partial charge on any atom is -0.378 e. The molecule has 0 saturated carbocycles. The van der Waals surface area contributed by atoms with E-state index in [9.17, 15) is 4.79 Å². The molecular weight excluding hydrogens is 406 g/mol. The van der Waals surface area contributed by atoms with Crippen LogP contribution in [-0.4, -0.2) is 55.4 Å². The zero-order valence-electron chi connectivity index (χ0n) is 18.2. The van der Waals surface area contributed by atoms with Crippen molar-refractivity contribution in [1.29, 1.82) is 0 Å². The lowest BCUT2D eigenvalue weighted by Crippen LogP contribution is -2.36. The van der Waals surface area contributed by atoms with Gasteiger partial charge in [0.25, 0.3) is 5.91 Å². The van der Waals surface area contributed by atoms with Gasteiger partial charge in [0.05, 0.1) is 18.9 Å². The van der Waals surface area contributed by atoms with E-state index in [0.29, 0.717) is 11.6 Å². The minimum absolute atomic E-state index is 0.187. The molecule has 0 unspecified atom stereocenters. The van der Waals surface area contributed by atoms with Gasteiger partial charge in [-0.2, -0.15) is 0 Å². The third-order valence-corrected chi connectivity index (χ3v) is 5.33. The van der Waals surface area contributed by atoms with Crippen molar-refractivity contribution in [1.82, 2.24) is 9.97 Å². The molecule has 2 heterocycles.